The highest BCUT2D eigenvalue weighted by molar-refractivity contribution is 6.45. The second-order valence-electron chi connectivity index (χ2n) is 3.57. The number of carbonyl (C=O) groups excluding carboxylic acids is 2. The maximum absolute atomic E-state index is 11.7. The lowest BCUT2D eigenvalue weighted by molar-refractivity contribution is -0.115. The van der Waals surface area contributed by atoms with Gasteiger partial charge >= 0.3 is 5.97 Å². The normalized spacial score (nSPS) is 9.94. The monoisotopic (exact) mass is 235 g/mol. The summed E-state index contributed by atoms with van der Waals surface area (Å²) in [6, 6.07) is 4.04. The summed E-state index contributed by atoms with van der Waals surface area (Å²) >= 11 is 0. The molecule has 90 valence electrons. The second kappa shape index (κ2) is 5.25. The van der Waals surface area contributed by atoms with Crippen molar-refractivity contribution >= 4 is 23.2 Å². The molecule has 5 nitrogen and oxygen atoms in total. The van der Waals surface area contributed by atoms with Crippen LogP contribution >= 0.6 is 0 Å². The molecule has 0 saturated carbocycles. The van der Waals surface area contributed by atoms with Crippen molar-refractivity contribution in [2.45, 2.75) is 19.8 Å². The van der Waals surface area contributed by atoms with Crippen molar-refractivity contribution in [1.82, 2.24) is 0 Å². The van der Waals surface area contributed by atoms with Crippen LogP contribution in [0.5, 0.6) is 0 Å². The van der Waals surface area contributed by atoms with Gasteiger partial charge in [-0.1, -0.05) is 13.0 Å². The number of carboxylic acid groups (broad SMARTS) is 1. The molecule has 0 unspecified atom stereocenters. The van der Waals surface area contributed by atoms with Gasteiger partial charge in [0.15, 0.2) is 0 Å². The lowest BCUT2D eigenvalue weighted by atomic mass is 10.00. The maximum Gasteiger partial charge on any atom is 0.337 e. The Balaban J connectivity index is 3.15. The first kappa shape index (κ1) is 12.9. The number of para-hydroxylation sites is 1. The molecule has 3 N–H and O–H groups in total. The van der Waals surface area contributed by atoms with E-state index in [2.05, 4.69) is 0 Å². The standard InChI is InChI=1S/C12H13NO4/c1-2-4-9(14)11(15)7-5-3-6-8(10(7)13)12(16)17/h3,5-6H,2,4,13H2,1H3,(H,16,17). The summed E-state index contributed by atoms with van der Waals surface area (Å²) < 4.78 is 0. The fourth-order valence-electron chi connectivity index (χ4n) is 1.44. The van der Waals surface area contributed by atoms with Crippen LogP contribution in [-0.2, 0) is 4.79 Å². The van der Waals surface area contributed by atoms with Gasteiger partial charge in [0.05, 0.1) is 11.3 Å². The number of nitrogen functional groups attached to an aromatic ring is 1. The van der Waals surface area contributed by atoms with Crippen molar-refractivity contribution in [2.75, 3.05) is 5.73 Å². The van der Waals surface area contributed by atoms with E-state index in [0.29, 0.717) is 6.42 Å². The van der Waals surface area contributed by atoms with E-state index < -0.39 is 17.5 Å². The summed E-state index contributed by atoms with van der Waals surface area (Å²) in [4.78, 5) is 33.9. The van der Waals surface area contributed by atoms with E-state index in [-0.39, 0.29) is 23.2 Å². The maximum atomic E-state index is 11.7. The van der Waals surface area contributed by atoms with Gasteiger partial charge in [0.25, 0.3) is 0 Å². The summed E-state index contributed by atoms with van der Waals surface area (Å²) in [6.07, 6.45) is 0.693. The molecule has 1 aromatic carbocycles. The van der Waals surface area contributed by atoms with Gasteiger partial charge in [-0.3, -0.25) is 9.59 Å². The Hall–Kier alpha value is -2.17. The van der Waals surface area contributed by atoms with E-state index >= 15 is 0 Å². The van der Waals surface area contributed by atoms with Crippen molar-refractivity contribution < 1.29 is 19.5 Å². The fourth-order valence-corrected chi connectivity index (χ4v) is 1.44. The molecule has 0 bridgehead atoms. The fraction of sp³-hybridized carbons (Fsp3) is 0.250. The van der Waals surface area contributed by atoms with Gasteiger partial charge in [-0.25, -0.2) is 4.79 Å². The topological polar surface area (TPSA) is 97.5 Å². The van der Waals surface area contributed by atoms with Gasteiger partial charge in [0.2, 0.25) is 11.6 Å². The van der Waals surface area contributed by atoms with E-state index in [0.717, 1.165) is 0 Å². The smallest absolute Gasteiger partial charge is 0.337 e. The summed E-state index contributed by atoms with van der Waals surface area (Å²) in [5.74, 6) is -2.51. The first-order valence-electron chi connectivity index (χ1n) is 5.18. The molecular weight excluding hydrogens is 222 g/mol. The van der Waals surface area contributed by atoms with Gasteiger partial charge in [0.1, 0.15) is 0 Å². The number of carbonyl (C=O) groups is 3. The number of aromatic carboxylic acids is 1. The van der Waals surface area contributed by atoms with Crippen LogP contribution < -0.4 is 5.73 Å². The minimum Gasteiger partial charge on any atom is -0.478 e. The predicted molar refractivity (Wildman–Crippen MR) is 62.1 cm³/mol. The number of ketones is 2. The lowest BCUT2D eigenvalue weighted by Crippen LogP contribution is -2.17. The Morgan fingerprint density at radius 2 is 1.82 bits per heavy atom. The molecule has 5 heteroatoms. The highest BCUT2D eigenvalue weighted by Gasteiger charge is 2.20. The Morgan fingerprint density at radius 3 is 2.35 bits per heavy atom. The Kier molecular flexibility index (Phi) is 3.98. The molecule has 0 aromatic heterocycles. The van der Waals surface area contributed by atoms with Crippen molar-refractivity contribution in [3.8, 4) is 0 Å². The number of nitrogens with two attached hydrogens (primary N) is 1. The zero-order valence-electron chi connectivity index (χ0n) is 9.40. The third kappa shape index (κ3) is 2.69. The van der Waals surface area contributed by atoms with Gasteiger partial charge in [-0.05, 0) is 18.6 Å². The number of hydrogen-bond acceptors (Lipinski definition) is 4. The zero-order chi connectivity index (χ0) is 13.0. The van der Waals surface area contributed by atoms with Gasteiger partial charge in [-0.15, -0.1) is 0 Å². The molecular formula is C12H13NO4. The number of benzene rings is 1. The van der Waals surface area contributed by atoms with Crippen LogP contribution in [0.3, 0.4) is 0 Å². The number of carboxylic acids is 1. The molecule has 0 spiro atoms. The second-order valence-corrected chi connectivity index (χ2v) is 3.57. The summed E-state index contributed by atoms with van der Waals surface area (Å²) in [7, 11) is 0. The largest absolute Gasteiger partial charge is 0.478 e. The van der Waals surface area contributed by atoms with Crippen LogP contribution in [0.2, 0.25) is 0 Å². The number of Topliss-reactive ketones (excluding diaryl/α,β-unsaturated/α-hetero) is 2. The molecule has 0 aliphatic heterocycles. The lowest BCUT2D eigenvalue weighted by Gasteiger charge is -2.06. The van der Waals surface area contributed by atoms with Crippen molar-refractivity contribution in [1.29, 1.82) is 0 Å². The molecule has 0 saturated heterocycles. The molecule has 17 heavy (non-hydrogen) atoms. The number of rotatable bonds is 5. The third-order valence-electron chi connectivity index (χ3n) is 2.31. The van der Waals surface area contributed by atoms with Crippen LogP contribution in [0.25, 0.3) is 0 Å². The van der Waals surface area contributed by atoms with E-state index in [4.69, 9.17) is 10.8 Å². The molecule has 1 aromatic rings. The molecule has 0 amide bonds. The Morgan fingerprint density at radius 1 is 1.24 bits per heavy atom. The van der Waals surface area contributed by atoms with Gasteiger partial charge < -0.3 is 10.8 Å². The molecule has 0 aliphatic rings. The van der Waals surface area contributed by atoms with Gasteiger partial charge in [0, 0.05) is 12.0 Å². The molecule has 0 aliphatic carbocycles. The summed E-state index contributed by atoms with van der Waals surface area (Å²) in [5.41, 5.74) is 5.20. The van der Waals surface area contributed by atoms with E-state index in [1.165, 1.54) is 18.2 Å². The first-order valence-corrected chi connectivity index (χ1v) is 5.18. The van der Waals surface area contributed by atoms with Crippen molar-refractivity contribution in [3.05, 3.63) is 29.3 Å². The average Bonchev–Trinajstić information content (AvgIpc) is 2.28. The van der Waals surface area contributed by atoms with E-state index in [1.807, 2.05) is 0 Å². The number of anilines is 1. The number of hydrogen-bond donors (Lipinski definition) is 2. The van der Waals surface area contributed by atoms with Crippen molar-refractivity contribution in [3.63, 3.8) is 0 Å². The minimum absolute atomic E-state index is 0.0386. The van der Waals surface area contributed by atoms with E-state index in [1.54, 1.807) is 6.92 Å². The van der Waals surface area contributed by atoms with E-state index in [9.17, 15) is 14.4 Å². The minimum atomic E-state index is -1.22. The third-order valence-corrected chi connectivity index (χ3v) is 2.31. The quantitative estimate of drug-likeness (QED) is 0.458. The molecule has 0 radical (unpaired) electrons. The van der Waals surface area contributed by atoms with Crippen LogP contribution in [0, 0.1) is 0 Å². The first-order chi connectivity index (χ1) is 7.99. The van der Waals surface area contributed by atoms with Crippen LogP contribution in [0.4, 0.5) is 5.69 Å². The average molecular weight is 235 g/mol. The highest BCUT2D eigenvalue weighted by atomic mass is 16.4. The molecule has 1 rings (SSSR count). The summed E-state index contributed by atoms with van der Waals surface area (Å²) in [5, 5.41) is 8.84. The Bertz CT molecular complexity index is 479. The SMILES string of the molecule is CCCC(=O)C(=O)c1cccc(C(=O)O)c1N. The van der Waals surface area contributed by atoms with Crippen molar-refractivity contribution in [2.24, 2.45) is 0 Å². The highest BCUT2D eigenvalue weighted by Crippen LogP contribution is 2.19. The van der Waals surface area contributed by atoms with Crippen LogP contribution in [0.1, 0.15) is 40.5 Å². The van der Waals surface area contributed by atoms with Crippen LogP contribution in [0.15, 0.2) is 18.2 Å². The summed E-state index contributed by atoms with van der Waals surface area (Å²) in [6.45, 7) is 1.78. The van der Waals surface area contributed by atoms with Gasteiger partial charge in [-0.2, -0.15) is 0 Å². The zero-order valence-corrected chi connectivity index (χ0v) is 9.40. The Labute approximate surface area is 98.2 Å². The predicted octanol–water partition coefficient (Wildman–Crippen LogP) is 1.52. The molecule has 0 atom stereocenters. The molecule has 0 heterocycles. The van der Waals surface area contributed by atoms with Crippen LogP contribution in [-0.4, -0.2) is 22.6 Å². The molecule has 0 fully saturated rings.